The molecule has 0 aliphatic carbocycles. The molecule has 0 saturated carbocycles. The highest BCUT2D eigenvalue weighted by Gasteiger charge is 2.27. The van der Waals surface area contributed by atoms with Gasteiger partial charge in [-0.2, -0.15) is 18.2 Å². The van der Waals surface area contributed by atoms with Crippen molar-refractivity contribution in [3.8, 4) is 0 Å². The van der Waals surface area contributed by atoms with Crippen LogP contribution in [0.3, 0.4) is 0 Å². The molecule has 0 amide bonds. The number of rotatable bonds is 3. The van der Waals surface area contributed by atoms with Gasteiger partial charge in [-0.1, -0.05) is 11.6 Å². The SMILES string of the molecule is C[C@H]1CN(c2ncc(Cl)c(NCC(F)(F)F)n2)CCO1. The fraction of sp³-hybridized carbons (Fsp3) is 0.636. The van der Waals surface area contributed by atoms with Crippen molar-refractivity contribution < 1.29 is 17.9 Å². The molecule has 5 nitrogen and oxygen atoms in total. The predicted molar refractivity (Wildman–Crippen MR) is 69.2 cm³/mol. The van der Waals surface area contributed by atoms with Gasteiger partial charge in [0.25, 0.3) is 0 Å². The van der Waals surface area contributed by atoms with Gasteiger partial charge in [0.15, 0.2) is 5.82 Å². The zero-order valence-corrected chi connectivity index (χ0v) is 11.5. The molecular formula is C11H14ClF3N4O. The smallest absolute Gasteiger partial charge is 0.375 e. The van der Waals surface area contributed by atoms with E-state index in [2.05, 4.69) is 15.3 Å². The van der Waals surface area contributed by atoms with Crippen LogP contribution in [0.2, 0.25) is 5.02 Å². The summed E-state index contributed by atoms with van der Waals surface area (Å²) in [5, 5.41) is 2.23. The highest BCUT2D eigenvalue weighted by molar-refractivity contribution is 6.32. The fourth-order valence-corrected chi connectivity index (χ4v) is 1.98. The molecule has 1 aliphatic rings. The summed E-state index contributed by atoms with van der Waals surface area (Å²) in [6.07, 6.45) is -3.01. The van der Waals surface area contributed by atoms with E-state index in [4.69, 9.17) is 16.3 Å². The number of nitrogens with one attached hydrogen (secondary N) is 1. The van der Waals surface area contributed by atoms with Gasteiger partial charge < -0.3 is 15.0 Å². The molecule has 1 N–H and O–H groups in total. The standard InChI is InChI=1S/C11H14ClF3N4O/c1-7-5-19(2-3-20-7)10-16-4-8(12)9(18-10)17-6-11(13,14)15/h4,7H,2-3,5-6H2,1H3,(H,16,17,18)/t7-/m0/s1. The van der Waals surface area contributed by atoms with Crippen molar-refractivity contribution >= 4 is 23.4 Å². The first-order valence-corrected chi connectivity index (χ1v) is 6.42. The van der Waals surface area contributed by atoms with Crippen LogP contribution in [0.25, 0.3) is 0 Å². The summed E-state index contributed by atoms with van der Waals surface area (Å²) >= 11 is 5.79. The minimum absolute atomic E-state index is 0.0202. The summed E-state index contributed by atoms with van der Waals surface area (Å²) in [6.45, 7) is 2.41. The van der Waals surface area contributed by atoms with Crippen LogP contribution >= 0.6 is 11.6 Å². The average Bonchev–Trinajstić information content (AvgIpc) is 2.37. The van der Waals surface area contributed by atoms with Crippen LogP contribution in [0.4, 0.5) is 24.9 Å². The van der Waals surface area contributed by atoms with Crippen LogP contribution in [0, 0.1) is 0 Å². The van der Waals surface area contributed by atoms with E-state index in [1.165, 1.54) is 6.20 Å². The first-order chi connectivity index (χ1) is 9.35. The largest absolute Gasteiger partial charge is 0.405 e. The van der Waals surface area contributed by atoms with Gasteiger partial charge in [0.05, 0.1) is 18.9 Å². The van der Waals surface area contributed by atoms with Crippen LogP contribution in [0.15, 0.2) is 6.20 Å². The number of ether oxygens (including phenoxy) is 1. The average molecular weight is 311 g/mol. The Balaban J connectivity index is 2.11. The lowest BCUT2D eigenvalue weighted by Crippen LogP contribution is -2.42. The minimum Gasteiger partial charge on any atom is -0.375 e. The lowest BCUT2D eigenvalue weighted by atomic mass is 10.3. The van der Waals surface area contributed by atoms with E-state index in [1.807, 2.05) is 11.8 Å². The van der Waals surface area contributed by atoms with E-state index in [9.17, 15) is 13.2 Å². The Kier molecular flexibility index (Phi) is 4.54. The van der Waals surface area contributed by atoms with E-state index < -0.39 is 12.7 Å². The normalized spacial score (nSPS) is 20.1. The molecule has 2 heterocycles. The molecule has 20 heavy (non-hydrogen) atoms. The fourth-order valence-electron chi connectivity index (χ4n) is 1.82. The Labute approximate surface area is 119 Å². The molecule has 1 aromatic heterocycles. The Hall–Kier alpha value is -1.28. The van der Waals surface area contributed by atoms with Crippen LogP contribution < -0.4 is 10.2 Å². The minimum atomic E-state index is -4.33. The van der Waals surface area contributed by atoms with E-state index in [0.717, 1.165) is 0 Å². The van der Waals surface area contributed by atoms with Gasteiger partial charge in [0.2, 0.25) is 5.95 Å². The number of halogens is 4. The van der Waals surface area contributed by atoms with Crippen molar-refractivity contribution in [1.82, 2.24) is 9.97 Å². The Morgan fingerprint density at radius 2 is 2.30 bits per heavy atom. The molecule has 2 rings (SSSR count). The zero-order valence-electron chi connectivity index (χ0n) is 10.7. The molecule has 112 valence electrons. The maximum absolute atomic E-state index is 12.2. The summed E-state index contributed by atoms with van der Waals surface area (Å²) < 4.78 is 42.0. The van der Waals surface area contributed by atoms with Crippen molar-refractivity contribution in [3.63, 3.8) is 0 Å². The lowest BCUT2D eigenvalue weighted by molar-refractivity contribution is -0.115. The zero-order chi connectivity index (χ0) is 14.8. The molecule has 1 atom stereocenters. The first kappa shape index (κ1) is 15.1. The van der Waals surface area contributed by atoms with E-state index in [0.29, 0.717) is 25.6 Å². The van der Waals surface area contributed by atoms with Gasteiger partial charge in [-0.05, 0) is 6.92 Å². The van der Waals surface area contributed by atoms with E-state index in [1.54, 1.807) is 0 Å². The second-order valence-electron chi connectivity index (χ2n) is 4.46. The third kappa shape index (κ3) is 4.11. The number of aromatic nitrogens is 2. The third-order valence-corrected chi connectivity index (χ3v) is 2.99. The Morgan fingerprint density at radius 1 is 1.55 bits per heavy atom. The van der Waals surface area contributed by atoms with Crippen molar-refractivity contribution in [2.24, 2.45) is 0 Å². The van der Waals surface area contributed by atoms with Gasteiger partial charge in [0.1, 0.15) is 11.6 Å². The highest BCUT2D eigenvalue weighted by Crippen LogP contribution is 2.24. The third-order valence-electron chi connectivity index (χ3n) is 2.71. The Morgan fingerprint density at radius 3 is 2.95 bits per heavy atom. The van der Waals surface area contributed by atoms with Gasteiger partial charge >= 0.3 is 6.18 Å². The number of hydrogen-bond donors (Lipinski definition) is 1. The lowest BCUT2D eigenvalue weighted by Gasteiger charge is -2.31. The van der Waals surface area contributed by atoms with Crippen molar-refractivity contribution in [1.29, 1.82) is 0 Å². The maximum atomic E-state index is 12.2. The van der Waals surface area contributed by atoms with Gasteiger partial charge in [0, 0.05) is 13.1 Å². The predicted octanol–water partition coefficient (Wildman–Crippen LogP) is 2.33. The van der Waals surface area contributed by atoms with Crippen molar-refractivity contribution in [2.45, 2.75) is 19.2 Å². The van der Waals surface area contributed by atoms with E-state index >= 15 is 0 Å². The monoisotopic (exact) mass is 310 g/mol. The van der Waals surface area contributed by atoms with Gasteiger partial charge in [-0.25, -0.2) is 4.98 Å². The van der Waals surface area contributed by atoms with Gasteiger partial charge in [-0.15, -0.1) is 0 Å². The molecule has 0 bridgehead atoms. The van der Waals surface area contributed by atoms with Crippen molar-refractivity contribution in [3.05, 3.63) is 11.2 Å². The van der Waals surface area contributed by atoms with Crippen LogP contribution in [-0.4, -0.2) is 48.5 Å². The number of morpholine rings is 1. The summed E-state index contributed by atoms with van der Waals surface area (Å²) in [7, 11) is 0. The topological polar surface area (TPSA) is 50.3 Å². The number of alkyl halides is 3. The first-order valence-electron chi connectivity index (χ1n) is 6.05. The second-order valence-corrected chi connectivity index (χ2v) is 4.87. The molecule has 0 aromatic carbocycles. The number of hydrogen-bond acceptors (Lipinski definition) is 5. The quantitative estimate of drug-likeness (QED) is 0.928. The molecule has 1 fully saturated rings. The van der Waals surface area contributed by atoms with E-state index in [-0.39, 0.29) is 16.9 Å². The summed E-state index contributed by atoms with van der Waals surface area (Å²) in [5.41, 5.74) is 0. The number of anilines is 2. The Bertz CT molecular complexity index is 471. The van der Waals surface area contributed by atoms with Crippen LogP contribution in [-0.2, 0) is 4.74 Å². The number of nitrogens with zero attached hydrogens (tertiary/aromatic N) is 3. The molecule has 1 aliphatic heterocycles. The molecular weight excluding hydrogens is 297 g/mol. The van der Waals surface area contributed by atoms with Crippen molar-refractivity contribution in [2.75, 3.05) is 36.5 Å². The molecule has 0 spiro atoms. The van der Waals surface area contributed by atoms with Crippen LogP contribution in [0.5, 0.6) is 0 Å². The summed E-state index contributed by atoms with van der Waals surface area (Å²) in [4.78, 5) is 9.95. The molecule has 0 radical (unpaired) electrons. The second kappa shape index (κ2) is 6.01. The molecule has 1 saturated heterocycles. The van der Waals surface area contributed by atoms with Gasteiger partial charge in [-0.3, -0.25) is 0 Å². The maximum Gasteiger partial charge on any atom is 0.405 e. The molecule has 9 heteroatoms. The van der Waals surface area contributed by atoms with Crippen LogP contribution in [0.1, 0.15) is 6.92 Å². The summed E-state index contributed by atoms with van der Waals surface area (Å²) in [6, 6.07) is 0. The summed E-state index contributed by atoms with van der Waals surface area (Å²) in [5.74, 6) is 0.322. The molecule has 1 aromatic rings. The molecule has 0 unspecified atom stereocenters. The highest BCUT2D eigenvalue weighted by atomic mass is 35.5.